The summed E-state index contributed by atoms with van der Waals surface area (Å²) in [5.41, 5.74) is 4.91. The van der Waals surface area contributed by atoms with Crippen LogP contribution in [0.5, 0.6) is 0 Å². The Morgan fingerprint density at radius 3 is 2.39 bits per heavy atom. The molecule has 2 aliphatic heterocycles. The molecule has 1 atom stereocenters. The molecule has 6 aromatic rings. The molecule has 17 heteroatoms. The number of piperazine rings is 1. The van der Waals surface area contributed by atoms with Gasteiger partial charge in [0.05, 0.1) is 28.5 Å². The number of nitrogens with zero attached hydrogens (tertiary/aromatic N) is 6. The average molecular weight is 897 g/mol. The molecule has 1 aromatic heterocycles. The molecular weight excluding hydrogens is 851 g/mol. The van der Waals surface area contributed by atoms with Gasteiger partial charge >= 0.3 is 0 Å². The minimum atomic E-state index is -4.31. The van der Waals surface area contributed by atoms with Crippen molar-refractivity contribution >= 4 is 67.2 Å². The van der Waals surface area contributed by atoms with E-state index in [0.717, 1.165) is 74.6 Å². The standard InChI is InChI=1S/C45H46ClFN8O5S2/c46-34-7-5-32(6-8-34)40-4-2-1-3-33(40)29-53-19-21-54(22-20-53)37-11-15-41-43(27-37)48-31-49-45(41)51-62(58,59)39-14-16-42(44(28-39)55(56)57)50-36(17-18-52-23-25-60-26-24-52)30-61-38-12-9-35(47)10-13-38/h1-16,27-28,31,36,50H,17-26,29-30H2,(H,48,49,51)/t36-/m1/s1. The molecule has 322 valence electrons. The number of anilines is 3. The highest BCUT2D eigenvalue weighted by molar-refractivity contribution is 7.99. The minimum Gasteiger partial charge on any atom is -0.379 e. The van der Waals surface area contributed by atoms with Crippen molar-refractivity contribution in [1.29, 1.82) is 0 Å². The van der Waals surface area contributed by atoms with Gasteiger partial charge in [0, 0.05) is 91.2 Å². The van der Waals surface area contributed by atoms with Crippen LogP contribution in [0.3, 0.4) is 0 Å². The van der Waals surface area contributed by atoms with Crippen molar-refractivity contribution in [1.82, 2.24) is 19.8 Å². The van der Waals surface area contributed by atoms with Gasteiger partial charge in [-0.3, -0.25) is 24.6 Å². The second kappa shape index (κ2) is 19.8. The lowest BCUT2D eigenvalue weighted by Crippen LogP contribution is -2.46. The number of rotatable bonds is 16. The summed E-state index contributed by atoms with van der Waals surface area (Å²) in [4.78, 5) is 28.1. The van der Waals surface area contributed by atoms with Gasteiger partial charge in [0.15, 0.2) is 5.82 Å². The SMILES string of the molecule is O=[N+]([O-])c1cc(S(=O)(=O)Nc2ncnc3cc(N4CCN(Cc5ccccc5-c5ccc(Cl)cc5)CC4)ccc23)ccc1N[C@H](CCN1CCOCC1)CSc1ccc(F)cc1. The number of nitro groups is 1. The summed E-state index contributed by atoms with van der Waals surface area (Å²) in [7, 11) is -4.31. The summed E-state index contributed by atoms with van der Waals surface area (Å²) in [6, 6.07) is 31.8. The van der Waals surface area contributed by atoms with Gasteiger partial charge in [-0.25, -0.2) is 22.8 Å². The van der Waals surface area contributed by atoms with E-state index in [1.807, 2.05) is 36.4 Å². The smallest absolute Gasteiger partial charge is 0.293 e. The van der Waals surface area contributed by atoms with Gasteiger partial charge in [-0.05, 0) is 89.8 Å². The lowest BCUT2D eigenvalue weighted by Gasteiger charge is -2.36. The number of nitro benzene ring substituents is 1. The molecular formula is C45H46ClFN8O5S2. The second-order valence-electron chi connectivity index (χ2n) is 15.2. The number of ether oxygens (including phenoxy) is 1. The molecule has 0 radical (unpaired) electrons. The quantitative estimate of drug-likeness (QED) is 0.0547. The van der Waals surface area contributed by atoms with E-state index in [0.29, 0.717) is 41.3 Å². The number of fused-ring (bicyclic) bond motifs is 1. The van der Waals surface area contributed by atoms with Crippen LogP contribution in [0, 0.1) is 15.9 Å². The van der Waals surface area contributed by atoms with Gasteiger partial charge in [-0.1, -0.05) is 48.0 Å². The van der Waals surface area contributed by atoms with Crippen LogP contribution >= 0.6 is 23.4 Å². The monoisotopic (exact) mass is 896 g/mol. The van der Waals surface area contributed by atoms with Crippen molar-refractivity contribution in [2.75, 3.05) is 79.7 Å². The Morgan fingerprint density at radius 2 is 1.63 bits per heavy atom. The van der Waals surface area contributed by atoms with Crippen LogP contribution < -0.4 is 14.9 Å². The van der Waals surface area contributed by atoms with Crippen molar-refractivity contribution in [3.05, 3.63) is 142 Å². The molecule has 2 saturated heterocycles. The first-order chi connectivity index (χ1) is 30.1. The number of aromatic nitrogens is 2. The van der Waals surface area contributed by atoms with E-state index in [1.54, 1.807) is 18.2 Å². The normalized spacial score (nSPS) is 15.7. The zero-order valence-corrected chi connectivity index (χ0v) is 36.2. The molecule has 0 bridgehead atoms. The fourth-order valence-corrected chi connectivity index (χ4v) is 9.89. The first kappa shape index (κ1) is 43.3. The lowest BCUT2D eigenvalue weighted by atomic mass is 9.99. The molecule has 8 rings (SSSR count). The first-order valence-corrected chi connectivity index (χ1v) is 23.2. The molecule has 5 aromatic carbocycles. The highest BCUT2D eigenvalue weighted by Gasteiger charge is 2.26. The van der Waals surface area contributed by atoms with Crippen molar-refractivity contribution in [2.45, 2.75) is 28.8 Å². The molecule has 62 heavy (non-hydrogen) atoms. The van der Waals surface area contributed by atoms with Crippen molar-refractivity contribution in [3.8, 4) is 11.1 Å². The molecule has 2 aliphatic rings. The topological polar surface area (TPSA) is 146 Å². The molecule has 2 N–H and O–H groups in total. The molecule has 0 unspecified atom stereocenters. The van der Waals surface area contributed by atoms with E-state index in [-0.39, 0.29) is 33.9 Å². The Balaban J connectivity index is 0.935. The third kappa shape index (κ3) is 10.8. The molecule has 3 heterocycles. The Hall–Kier alpha value is -5.36. The molecule has 0 spiro atoms. The number of thioether (sulfide) groups is 1. The second-order valence-corrected chi connectivity index (χ2v) is 18.5. The van der Waals surface area contributed by atoms with Crippen molar-refractivity contribution in [3.63, 3.8) is 0 Å². The number of nitrogens with one attached hydrogen (secondary N) is 2. The van der Waals surface area contributed by atoms with E-state index in [2.05, 4.69) is 59.0 Å². The van der Waals surface area contributed by atoms with E-state index in [9.17, 15) is 22.9 Å². The zero-order valence-electron chi connectivity index (χ0n) is 33.8. The van der Waals surface area contributed by atoms with Crippen molar-refractivity contribution < 1.29 is 22.5 Å². The van der Waals surface area contributed by atoms with Gasteiger partial charge in [0.25, 0.3) is 15.7 Å². The molecule has 2 fully saturated rings. The van der Waals surface area contributed by atoms with E-state index in [1.165, 1.54) is 53.5 Å². The van der Waals surface area contributed by atoms with Crippen LogP contribution in [-0.2, 0) is 21.3 Å². The van der Waals surface area contributed by atoms with Gasteiger partial charge in [0.1, 0.15) is 17.8 Å². The number of hydrogen-bond acceptors (Lipinski definition) is 12. The van der Waals surface area contributed by atoms with Gasteiger partial charge in [-0.15, -0.1) is 11.8 Å². The van der Waals surface area contributed by atoms with Gasteiger partial charge < -0.3 is 15.0 Å². The maximum Gasteiger partial charge on any atom is 0.293 e. The number of hydrogen-bond donors (Lipinski definition) is 2. The first-order valence-electron chi connectivity index (χ1n) is 20.4. The summed E-state index contributed by atoms with van der Waals surface area (Å²) in [6.45, 7) is 7.73. The van der Waals surface area contributed by atoms with Gasteiger partial charge in [-0.2, -0.15) is 0 Å². The maximum absolute atomic E-state index is 13.8. The molecule has 0 amide bonds. The third-order valence-corrected chi connectivity index (χ3v) is 13.9. The van der Waals surface area contributed by atoms with Crippen LogP contribution in [0.2, 0.25) is 5.02 Å². The van der Waals surface area contributed by atoms with Crippen LogP contribution in [0.4, 0.5) is 27.3 Å². The Morgan fingerprint density at radius 1 is 0.871 bits per heavy atom. The third-order valence-electron chi connectivity index (χ3n) is 11.2. The number of morpholine rings is 1. The van der Waals surface area contributed by atoms with E-state index < -0.39 is 14.9 Å². The zero-order chi connectivity index (χ0) is 43.1. The predicted octanol–water partition coefficient (Wildman–Crippen LogP) is 8.42. The minimum absolute atomic E-state index is 0.0663. The van der Waals surface area contributed by atoms with Crippen LogP contribution in [0.15, 0.2) is 125 Å². The Bertz CT molecular complexity index is 2610. The number of benzene rings is 5. The number of sulfonamides is 1. The summed E-state index contributed by atoms with van der Waals surface area (Å²) >= 11 is 7.65. The Kier molecular flexibility index (Phi) is 13.8. The summed E-state index contributed by atoms with van der Waals surface area (Å²) in [6.07, 6.45) is 1.96. The van der Waals surface area contributed by atoms with E-state index >= 15 is 0 Å². The van der Waals surface area contributed by atoms with E-state index in [4.69, 9.17) is 16.3 Å². The summed E-state index contributed by atoms with van der Waals surface area (Å²) < 4.78 is 49.2. The maximum atomic E-state index is 13.8. The van der Waals surface area contributed by atoms with Crippen LogP contribution in [-0.4, -0.2) is 104 Å². The molecule has 13 nitrogen and oxygen atoms in total. The highest BCUT2D eigenvalue weighted by Crippen LogP contribution is 2.33. The number of halogens is 2. The van der Waals surface area contributed by atoms with Crippen LogP contribution in [0.1, 0.15) is 12.0 Å². The Labute approximate surface area is 369 Å². The fraction of sp³-hybridized carbons (Fsp3) is 0.289. The van der Waals surface area contributed by atoms with Gasteiger partial charge in [0.2, 0.25) is 0 Å². The van der Waals surface area contributed by atoms with Crippen molar-refractivity contribution in [2.24, 2.45) is 0 Å². The predicted molar refractivity (Wildman–Crippen MR) is 244 cm³/mol. The highest BCUT2D eigenvalue weighted by atomic mass is 35.5. The fourth-order valence-electron chi connectivity index (χ4n) is 7.74. The summed E-state index contributed by atoms with van der Waals surface area (Å²) in [5.74, 6) is 0.273. The molecule has 0 aliphatic carbocycles. The lowest BCUT2D eigenvalue weighted by molar-refractivity contribution is -0.384. The largest absolute Gasteiger partial charge is 0.379 e. The summed E-state index contributed by atoms with van der Waals surface area (Å²) in [5, 5.41) is 16.9. The average Bonchev–Trinajstić information content (AvgIpc) is 3.29. The van der Waals surface area contributed by atoms with Crippen LogP contribution in [0.25, 0.3) is 22.0 Å². The molecule has 0 saturated carbocycles.